The van der Waals surface area contributed by atoms with Crippen molar-refractivity contribution < 1.29 is 4.79 Å². The van der Waals surface area contributed by atoms with Crippen LogP contribution in [0.5, 0.6) is 0 Å². The van der Waals surface area contributed by atoms with E-state index in [2.05, 4.69) is 21.7 Å². The van der Waals surface area contributed by atoms with Crippen LogP contribution in [0.1, 0.15) is 12.5 Å². The standard InChI is InChI=1S/C18H17N3O/c1-18(10-12-6-2-4-8-14(12)21-18)17(22)20-16-11-19-15-9-5-3-7-13(15)16/h2-9,11,19,21H,10H2,1H3,(H,20,22). The van der Waals surface area contributed by atoms with E-state index < -0.39 is 5.54 Å². The Morgan fingerprint density at radius 3 is 2.77 bits per heavy atom. The van der Waals surface area contributed by atoms with Crippen molar-refractivity contribution in [3.63, 3.8) is 0 Å². The van der Waals surface area contributed by atoms with E-state index in [1.54, 1.807) is 0 Å². The van der Waals surface area contributed by atoms with Crippen LogP contribution in [0.2, 0.25) is 0 Å². The first-order chi connectivity index (χ1) is 10.7. The van der Waals surface area contributed by atoms with Crippen molar-refractivity contribution in [3.8, 4) is 0 Å². The number of rotatable bonds is 2. The lowest BCUT2D eigenvalue weighted by Crippen LogP contribution is -2.45. The summed E-state index contributed by atoms with van der Waals surface area (Å²) in [5.41, 5.74) is 3.44. The Morgan fingerprint density at radius 1 is 1.14 bits per heavy atom. The van der Waals surface area contributed by atoms with Gasteiger partial charge in [-0.15, -0.1) is 0 Å². The Morgan fingerprint density at radius 2 is 1.91 bits per heavy atom. The number of aromatic amines is 1. The van der Waals surface area contributed by atoms with E-state index in [1.807, 2.05) is 55.6 Å². The van der Waals surface area contributed by atoms with Crippen LogP contribution in [0.15, 0.2) is 54.7 Å². The third-order valence-electron chi connectivity index (χ3n) is 4.31. The Balaban J connectivity index is 1.61. The molecular formula is C18H17N3O. The maximum Gasteiger partial charge on any atom is 0.250 e. The van der Waals surface area contributed by atoms with Gasteiger partial charge in [-0.05, 0) is 24.6 Å². The Kier molecular flexibility index (Phi) is 2.73. The van der Waals surface area contributed by atoms with Gasteiger partial charge in [-0.25, -0.2) is 0 Å². The highest BCUT2D eigenvalue weighted by Crippen LogP contribution is 2.33. The lowest BCUT2D eigenvalue weighted by molar-refractivity contribution is -0.119. The molecule has 1 atom stereocenters. The van der Waals surface area contributed by atoms with Gasteiger partial charge >= 0.3 is 0 Å². The average molecular weight is 291 g/mol. The third-order valence-corrected chi connectivity index (χ3v) is 4.31. The van der Waals surface area contributed by atoms with Gasteiger partial charge in [0.1, 0.15) is 5.54 Å². The molecular weight excluding hydrogens is 274 g/mol. The molecule has 22 heavy (non-hydrogen) atoms. The van der Waals surface area contributed by atoms with Crippen molar-refractivity contribution in [2.24, 2.45) is 0 Å². The smallest absolute Gasteiger partial charge is 0.250 e. The molecule has 110 valence electrons. The first kappa shape index (κ1) is 13.0. The summed E-state index contributed by atoms with van der Waals surface area (Å²) in [5, 5.41) is 7.42. The van der Waals surface area contributed by atoms with E-state index in [9.17, 15) is 4.79 Å². The summed E-state index contributed by atoms with van der Waals surface area (Å²) in [5.74, 6) is -0.0200. The van der Waals surface area contributed by atoms with E-state index in [1.165, 1.54) is 5.56 Å². The van der Waals surface area contributed by atoms with Gasteiger partial charge in [0.2, 0.25) is 5.91 Å². The molecule has 1 aliphatic heterocycles. The predicted octanol–water partition coefficient (Wildman–Crippen LogP) is 3.53. The fourth-order valence-corrected chi connectivity index (χ4v) is 3.09. The molecule has 1 amide bonds. The highest BCUT2D eigenvalue weighted by Gasteiger charge is 2.39. The lowest BCUT2D eigenvalue weighted by atomic mass is 9.96. The molecule has 0 spiro atoms. The number of hydrogen-bond acceptors (Lipinski definition) is 2. The van der Waals surface area contributed by atoms with Crippen molar-refractivity contribution in [3.05, 3.63) is 60.3 Å². The molecule has 1 aromatic heterocycles. The zero-order valence-electron chi connectivity index (χ0n) is 12.3. The monoisotopic (exact) mass is 291 g/mol. The molecule has 3 N–H and O–H groups in total. The second-order valence-electron chi connectivity index (χ2n) is 5.99. The van der Waals surface area contributed by atoms with E-state index >= 15 is 0 Å². The molecule has 0 saturated heterocycles. The van der Waals surface area contributed by atoms with Gasteiger partial charge in [0, 0.05) is 29.2 Å². The highest BCUT2D eigenvalue weighted by molar-refractivity contribution is 6.06. The second-order valence-corrected chi connectivity index (χ2v) is 5.99. The predicted molar refractivity (Wildman–Crippen MR) is 89.1 cm³/mol. The molecule has 3 aromatic rings. The molecule has 4 rings (SSSR count). The van der Waals surface area contributed by atoms with Gasteiger partial charge in [0.25, 0.3) is 0 Å². The number of nitrogens with one attached hydrogen (secondary N) is 3. The Hall–Kier alpha value is -2.75. The summed E-state index contributed by atoms with van der Waals surface area (Å²) in [4.78, 5) is 15.9. The first-order valence-corrected chi connectivity index (χ1v) is 7.39. The largest absolute Gasteiger partial charge is 0.371 e. The minimum Gasteiger partial charge on any atom is -0.371 e. The summed E-state index contributed by atoms with van der Waals surface area (Å²) in [6.45, 7) is 1.94. The lowest BCUT2D eigenvalue weighted by Gasteiger charge is -2.23. The van der Waals surface area contributed by atoms with Crippen LogP contribution in [0, 0.1) is 0 Å². The molecule has 2 heterocycles. The number of fused-ring (bicyclic) bond motifs is 2. The van der Waals surface area contributed by atoms with Crippen LogP contribution in [0.4, 0.5) is 11.4 Å². The van der Waals surface area contributed by atoms with Gasteiger partial charge in [-0.2, -0.15) is 0 Å². The molecule has 4 heteroatoms. The molecule has 4 nitrogen and oxygen atoms in total. The van der Waals surface area contributed by atoms with Gasteiger partial charge in [0.15, 0.2) is 0 Å². The van der Waals surface area contributed by atoms with E-state index in [0.29, 0.717) is 6.42 Å². The van der Waals surface area contributed by atoms with Crippen molar-refractivity contribution in [1.82, 2.24) is 4.98 Å². The summed E-state index contributed by atoms with van der Waals surface area (Å²) < 4.78 is 0. The maximum atomic E-state index is 12.8. The normalized spacial score (nSPS) is 19.7. The molecule has 1 unspecified atom stereocenters. The van der Waals surface area contributed by atoms with Gasteiger partial charge in [0.05, 0.1) is 5.69 Å². The number of benzene rings is 2. The number of anilines is 2. The molecule has 1 aliphatic rings. The first-order valence-electron chi connectivity index (χ1n) is 7.39. The molecule has 0 fully saturated rings. The van der Waals surface area contributed by atoms with Crippen LogP contribution in [0.3, 0.4) is 0 Å². The fraction of sp³-hybridized carbons (Fsp3) is 0.167. The van der Waals surface area contributed by atoms with Gasteiger partial charge in [-0.3, -0.25) is 4.79 Å². The number of carbonyl (C=O) groups is 1. The molecule has 0 radical (unpaired) electrons. The van der Waals surface area contributed by atoms with E-state index in [-0.39, 0.29) is 5.91 Å². The minimum atomic E-state index is -0.623. The summed E-state index contributed by atoms with van der Waals surface area (Å²) in [7, 11) is 0. The second kappa shape index (κ2) is 4.63. The van der Waals surface area contributed by atoms with Crippen LogP contribution < -0.4 is 10.6 Å². The number of hydrogen-bond donors (Lipinski definition) is 3. The summed E-state index contributed by atoms with van der Waals surface area (Å²) >= 11 is 0. The highest BCUT2D eigenvalue weighted by atomic mass is 16.2. The zero-order chi connectivity index (χ0) is 15.2. The Bertz CT molecular complexity index is 840. The summed E-state index contributed by atoms with van der Waals surface area (Å²) in [6.07, 6.45) is 2.53. The van der Waals surface area contributed by atoms with E-state index in [0.717, 1.165) is 22.3 Å². The number of para-hydroxylation sites is 2. The Labute approximate surface area is 128 Å². The minimum absolute atomic E-state index is 0.0200. The van der Waals surface area contributed by atoms with Crippen LogP contribution in [0.25, 0.3) is 10.9 Å². The number of H-pyrrole nitrogens is 1. The van der Waals surface area contributed by atoms with Crippen LogP contribution >= 0.6 is 0 Å². The molecule has 0 bridgehead atoms. The van der Waals surface area contributed by atoms with Crippen molar-refractivity contribution in [2.45, 2.75) is 18.9 Å². The molecule has 0 aliphatic carbocycles. The zero-order valence-corrected chi connectivity index (χ0v) is 12.3. The van der Waals surface area contributed by atoms with Gasteiger partial charge in [-0.1, -0.05) is 36.4 Å². The quantitative estimate of drug-likeness (QED) is 0.676. The fourth-order valence-electron chi connectivity index (χ4n) is 3.09. The van der Waals surface area contributed by atoms with Crippen LogP contribution in [-0.4, -0.2) is 16.4 Å². The van der Waals surface area contributed by atoms with Crippen molar-refractivity contribution in [1.29, 1.82) is 0 Å². The average Bonchev–Trinajstić information content (AvgIpc) is 3.08. The number of carbonyl (C=O) groups excluding carboxylic acids is 1. The molecule has 0 saturated carbocycles. The van der Waals surface area contributed by atoms with Crippen molar-refractivity contribution >= 4 is 28.2 Å². The maximum absolute atomic E-state index is 12.8. The van der Waals surface area contributed by atoms with Gasteiger partial charge < -0.3 is 15.6 Å². The third kappa shape index (κ3) is 1.96. The number of aromatic nitrogens is 1. The van der Waals surface area contributed by atoms with Crippen molar-refractivity contribution in [2.75, 3.05) is 10.6 Å². The van der Waals surface area contributed by atoms with E-state index in [4.69, 9.17) is 0 Å². The van der Waals surface area contributed by atoms with Crippen LogP contribution in [-0.2, 0) is 11.2 Å². The number of amides is 1. The SMILES string of the molecule is CC1(C(=O)Nc2c[nH]c3ccccc23)Cc2ccccc2N1. The molecule has 2 aromatic carbocycles. The topological polar surface area (TPSA) is 56.9 Å². The summed E-state index contributed by atoms with van der Waals surface area (Å²) in [6, 6.07) is 16.0.